The van der Waals surface area contributed by atoms with Gasteiger partial charge >= 0.3 is 0 Å². The number of likely N-dealkylation sites (N-methyl/N-ethyl adjacent to an activating group) is 1. The minimum atomic E-state index is 0.267. The first kappa shape index (κ1) is 25.1. The van der Waals surface area contributed by atoms with E-state index in [0.29, 0.717) is 33.1 Å². The Balaban J connectivity index is 1.54. The molecule has 4 rings (SSSR count). The number of anilines is 1. The van der Waals surface area contributed by atoms with Crippen molar-refractivity contribution in [2.45, 2.75) is 39.2 Å². The van der Waals surface area contributed by atoms with Crippen molar-refractivity contribution >= 4 is 28.9 Å². The van der Waals surface area contributed by atoms with Gasteiger partial charge in [0.25, 0.3) is 0 Å². The quantitative estimate of drug-likeness (QED) is 0.259. The second-order valence-electron chi connectivity index (χ2n) is 8.60. The van der Waals surface area contributed by atoms with E-state index in [1.807, 2.05) is 38.1 Å². The zero-order valence-electron chi connectivity index (χ0n) is 20.2. The van der Waals surface area contributed by atoms with E-state index in [4.69, 9.17) is 37.4 Å². The lowest BCUT2D eigenvalue weighted by atomic mass is 10.0. The third kappa shape index (κ3) is 5.80. The number of nitrogens with zero attached hydrogens (tertiary/aromatic N) is 3. The summed E-state index contributed by atoms with van der Waals surface area (Å²) in [5, 5.41) is 5.38. The third-order valence-electron chi connectivity index (χ3n) is 6.01. The van der Waals surface area contributed by atoms with Crippen LogP contribution in [0.2, 0.25) is 10.0 Å². The number of allylic oxidation sites excluding steroid dienone is 3. The molecule has 1 aliphatic rings. The largest absolute Gasteiger partial charge is 0.473 e. The highest BCUT2D eigenvalue weighted by Crippen LogP contribution is 2.46. The summed E-state index contributed by atoms with van der Waals surface area (Å²) in [5.74, 6) is 1.74. The number of rotatable bonds is 10. The molecule has 7 heteroatoms. The van der Waals surface area contributed by atoms with Gasteiger partial charge in [0.05, 0.1) is 27.0 Å². The predicted molar refractivity (Wildman–Crippen MR) is 144 cm³/mol. The molecule has 1 aromatic carbocycles. The van der Waals surface area contributed by atoms with Gasteiger partial charge < -0.3 is 14.2 Å². The lowest BCUT2D eigenvalue weighted by molar-refractivity contribution is 0.288. The number of ether oxygens (including phenoxy) is 1. The molecule has 0 N–H and O–H groups in total. The molecule has 3 aromatic rings. The molecule has 182 valence electrons. The van der Waals surface area contributed by atoms with Crippen molar-refractivity contribution in [1.29, 1.82) is 0 Å². The molecule has 2 heterocycles. The Kier molecular flexibility index (Phi) is 7.99. The van der Waals surface area contributed by atoms with Crippen LogP contribution < -0.4 is 9.64 Å². The maximum Gasteiger partial charge on any atom is 0.213 e. The maximum absolute atomic E-state index is 6.46. The summed E-state index contributed by atoms with van der Waals surface area (Å²) in [5.41, 5.74) is 5.28. The van der Waals surface area contributed by atoms with Crippen molar-refractivity contribution < 1.29 is 9.26 Å². The molecule has 0 spiro atoms. The van der Waals surface area contributed by atoms with Gasteiger partial charge in [-0.05, 0) is 50.5 Å². The molecule has 2 aromatic heterocycles. The SMILES string of the molecule is C=C/C=C\C(=C/C)CN(C)c1ccc(OCc2c(-c3c(Cl)cccc3Cl)noc2C2CC2)nc1C. The van der Waals surface area contributed by atoms with Crippen molar-refractivity contribution in [3.05, 3.63) is 93.9 Å². The van der Waals surface area contributed by atoms with E-state index in [2.05, 4.69) is 35.8 Å². The van der Waals surface area contributed by atoms with E-state index in [1.165, 1.54) is 5.57 Å². The Morgan fingerprint density at radius 3 is 2.60 bits per heavy atom. The van der Waals surface area contributed by atoms with Crippen LogP contribution in [0.25, 0.3) is 11.3 Å². The lowest BCUT2D eigenvalue weighted by Crippen LogP contribution is -2.21. The fraction of sp³-hybridized carbons (Fsp3) is 0.286. The predicted octanol–water partition coefficient (Wildman–Crippen LogP) is 7.93. The van der Waals surface area contributed by atoms with Gasteiger partial charge in [0, 0.05) is 31.1 Å². The average molecular weight is 510 g/mol. The van der Waals surface area contributed by atoms with Gasteiger partial charge in [-0.2, -0.15) is 0 Å². The summed E-state index contributed by atoms with van der Waals surface area (Å²) in [6.45, 7) is 8.78. The molecule has 1 saturated carbocycles. The number of hydrogen-bond donors (Lipinski definition) is 0. The molecule has 0 aliphatic heterocycles. The molecule has 0 saturated heterocycles. The minimum absolute atomic E-state index is 0.267. The van der Waals surface area contributed by atoms with E-state index in [0.717, 1.165) is 42.1 Å². The molecular formula is C28H29Cl2N3O2. The van der Waals surface area contributed by atoms with Crippen LogP contribution in [0.3, 0.4) is 0 Å². The van der Waals surface area contributed by atoms with Crippen LogP contribution in [-0.2, 0) is 6.61 Å². The molecule has 35 heavy (non-hydrogen) atoms. The van der Waals surface area contributed by atoms with E-state index < -0.39 is 0 Å². The van der Waals surface area contributed by atoms with Crippen LogP contribution in [0.4, 0.5) is 5.69 Å². The summed E-state index contributed by atoms with van der Waals surface area (Å²) in [6, 6.07) is 9.33. The third-order valence-corrected chi connectivity index (χ3v) is 6.64. The van der Waals surface area contributed by atoms with Crippen LogP contribution in [0.5, 0.6) is 5.88 Å². The Bertz CT molecular complexity index is 1250. The Morgan fingerprint density at radius 1 is 1.23 bits per heavy atom. The molecule has 1 fully saturated rings. The molecule has 0 unspecified atom stereocenters. The first-order chi connectivity index (χ1) is 16.9. The van der Waals surface area contributed by atoms with Crippen LogP contribution in [-0.4, -0.2) is 23.7 Å². The zero-order chi connectivity index (χ0) is 24.9. The molecule has 0 atom stereocenters. The molecule has 0 radical (unpaired) electrons. The topological polar surface area (TPSA) is 51.4 Å². The van der Waals surface area contributed by atoms with Gasteiger partial charge in [0.15, 0.2) is 0 Å². The Morgan fingerprint density at radius 2 is 1.97 bits per heavy atom. The van der Waals surface area contributed by atoms with Gasteiger partial charge in [-0.1, -0.05) is 65.3 Å². The summed E-state index contributed by atoms with van der Waals surface area (Å²) in [4.78, 5) is 6.86. The second-order valence-corrected chi connectivity index (χ2v) is 9.42. The number of aryl methyl sites for hydroxylation is 1. The van der Waals surface area contributed by atoms with Gasteiger partial charge in [0.1, 0.15) is 18.1 Å². The lowest BCUT2D eigenvalue weighted by Gasteiger charge is -2.22. The summed E-state index contributed by atoms with van der Waals surface area (Å²) in [7, 11) is 2.05. The van der Waals surface area contributed by atoms with Crippen LogP contribution in [0.15, 0.2) is 71.3 Å². The highest BCUT2D eigenvalue weighted by molar-refractivity contribution is 6.39. The molecule has 1 aliphatic carbocycles. The van der Waals surface area contributed by atoms with E-state index in [9.17, 15) is 0 Å². The first-order valence-corrected chi connectivity index (χ1v) is 12.4. The smallest absolute Gasteiger partial charge is 0.213 e. The van der Waals surface area contributed by atoms with Crippen molar-refractivity contribution in [3.8, 4) is 17.1 Å². The highest BCUT2D eigenvalue weighted by atomic mass is 35.5. The van der Waals surface area contributed by atoms with Gasteiger partial charge in [0.2, 0.25) is 5.88 Å². The second kappa shape index (κ2) is 11.1. The van der Waals surface area contributed by atoms with E-state index >= 15 is 0 Å². The average Bonchev–Trinajstić information content (AvgIpc) is 3.60. The first-order valence-electron chi connectivity index (χ1n) is 11.6. The number of halogens is 2. The standard InChI is InChI=1S/C28H29Cl2N3O2/c1-5-7-9-19(6-2)16-33(4)24-14-15-25(31-18(24)3)34-17-21-27(32-35-28(21)20-12-13-20)26-22(29)10-8-11-23(26)30/h5-11,14-15,20H,1,12-13,16-17H2,2-4H3/b9-7-,19-6+. The zero-order valence-corrected chi connectivity index (χ0v) is 21.7. The van der Waals surface area contributed by atoms with Crippen LogP contribution in [0, 0.1) is 6.92 Å². The van der Waals surface area contributed by atoms with Crippen LogP contribution >= 0.6 is 23.2 Å². The van der Waals surface area contributed by atoms with E-state index in [-0.39, 0.29) is 6.61 Å². The van der Waals surface area contributed by atoms with Crippen molar-refractivity contribution in [2.75, 3.05) is 18.5 Å². The van der Waals surface area contributed by atoms with Gasteiger partial charge in [-0.3, -0.25) is 0 Å². The number of benzene rings is 1. The summed E-state index contributed by atoms with van der Waals surface area (Å²) in [6.07, 6.45) is 10.0. The van der Waals surface area contributed by atoms with Crippen molar-refractivity contribution in [1.82, 2.24) is 10.1 Å². The number of pyridine rings is 1. The number of hydrogen-bond acceptors (Lipinski definition) is 5. The fourth-order valence-electron chi connectivity index (χ4n) is 4.00. The van der Waals surface area contributed by atoms with Gasteiger partial charge in [-0.25, -0.2) is 4.98 Å². The molecule has 0 bridgehead atoms. The maximum atomic E-state index is 6.46. The summed E-state index contributed by atoms with van der Waals surface area (Å²) >= 11 is 12.9. The van der Waals surface area contributed by atoms with Crippen molar-refractivity contribution in [2.24, 2.45) is 0 Å². The summed E-state index contributed by atoms with van der Waals surface area (Å²) < 4.78 is 11.9. The van der Waals surface area contributed by atoms with Crippen LogP contribution in [0.1, 0.15) is 42.7 Å². The molecule has 5 nitrogen and oxygen atoms in total. The van der Waals surface area contributed by atoms with Crippen molar-refractivity contribution in [3.63, 3.8) is 0 Å². The highest BCUT2D eigenvalue weighted by Gasteiger charge is 2.33. The normalized spacial score (nSPS) is 13.9. The molecule has 0 amide bonds. The minimum Gasteiger partial charge on any atom is -0.473 e. The number of aromatic nitrogens is 2. The van der Waals surface area contributed by atoms with Gasteiger partial charge in [-0.15, -0.1) is 0 Å². The fourth-order valence-corrected chi connectivity index (χ4v) is 4.58. The Hall–Kier alpha value is -3.02. The molecular weight excluding hydrogens is 481 g/mol. The Labute approximate surface area is 216 Å². The monoisotopic (exact) mass is 509 g/mol. The van der Waals surface area contributed by atoms with E-state index in [1.54, 1.807) is 18.2 Å².